The van der Waals surface area contributed by atoms with Crippen LogP contribution in [0.25, 0.3) is 0 Å². The van der Waals surface area contributed by atoms with Crippen molar-refractivity contribution in [1.82, 2.24) is 0 Å². The maximum absolute atomic E-state index is 6.09. The van der Waals surface area contributed by atoms with Gasteiger partial charge < -0.3 is 4.74 Å². The first-order chi connectivity index (χ1) is 5.95. The molecule has 0 aromatic heterocycles. The van der Waals surface area contributed by atoms with Crippen molar-refractivity contribution >= 4 is 58.0 Å². The molecule has 0 aromatic rings. The highest BCUT2D eigenvalue weighted by Gasteiger charge is 2.44. The number of halogens is 5. The van der Waals surface area contributed by atoms with E-state index in [4.69, 9.17) is 62.7 Å². The number of allylic oxidation sites excluding steroid dienone is 2. The maximum Gasteiger partial charge on any atom is 0.141 e. The molecule has 0 heterocycles. The van der Waals surface area contributed by atoms with E-state index in [1.54, 1.807) is 0 Å². The largest absolute Gasteiger partial charge is 0.382 e. The van der Waals surface area contributed by atoms with E-state index in [-0.39, 0.29) is 26.7 Å². The fourth-order valence-electron chi connectivity index (χ4n) is 0.963. The van der Waals surface area contributed by atoms with E-state index >= 15 is 0 Å². The van der Waals surface area contributed by atoms with Gasteiger partial charge in [0.2, 0.25) is 0 Å². The van der Waals surface area contributed by atoms with Crippen LogP contribution >= 0.6 is 58.0 Å². The fraction of sp³-hybridized carbons (Fsp3) is 0.429. The summed E-state index contributed by atoms with van der Waals surface area (Å²) in [5, 5.41) is 0.765. The van der Waals surface area contributed by atoms with Gasteiger partial charge >= 0.3 is 0 Å². The lowest BCUT2D eigenvalue weighted by atomic mass is 10.2. The van der Waals surface area contributed by atoms with Crippen LogP contribution in [-0.2, 0) is 4.74 Å². The van der Waals surface area contributed by atoms with Crippen LogP contribution in [0.1, 0.15) is 0 Å². The van der Waals surface area contributed by atoms with Gasteiger partial charge in [0, 0.05) is 7.11 Å². The van der Waals surface area contributed by atoms with Crippen molar-refractivity contribution in [3.63, 3.8) is 0 Å². The summed E-state index contributed by atoms with van der Waals surface area (Å²) < 4.78 is 4.88. The predicted molar refractivity (Wildman–Crippen MR) is 57.9 cm³/mol. The van der Waals surface area contributed by atoms with Gasteiger partial charge in [-0.2, -0.15) is 0 Å². The molecule has 1 aliphatic carbocycles. The van der Waals surface area contributed by atoms with Crippen LogP contribution in [0.5, 0.6) is 0 Å². The Labute approximate surface area is 101 Å². The molecule has 1 rings (SSSR count). The van der Waals surface area contributed by atoms with Gasteiger partial charge in [0.25, 0.3) is 0 Å². The van der Waals surface area contributed by atoms with E-state index in [1.165, 1.54) is 7.11 Å². The van der Waals surface area contributed by atoms with E-state index in [9.17, 15) is 0 Å². The van der Waals surface area contributed by atoms with Crippen molar-refractivity contribution in [1.29, 1.82) is 0 Å². The van der Waals surface area contributed by atoms with Crippen molar-refractivity contribution in [2.45, 2.75) is 4.87 Å². The molecule has 6 heteroatoms. The third kappa shape index (κ3) is 1.83. The summed E-state index contributed by atoms with van der Waals surface area (Å²) in [4.78, 5) is -1.12. The summed E-state index contributed by atoms with van der Waals surface area (Å²) in [5.41, 5.74) is 0. The Morgan fingerprint density at radius 3 is 1.77 bits per heavy atom. The van der Waals surface area contributed by atoms with Crippen LogP contribution in [0.15, 0.2) is 20.1 Å². The summed E-state index contributed by atoms with van der Waals surface area (Å²) in [6.07, 6.45) is 0. The Kier molecular flexibility index (Phi) is 3.84. The lowest BCUT2D eigenvalue weighted by molar-refractivity contribution is 0.190. The summed E-state index contributed by atoms with van der Waals surface area (Å²) in [7, 11) is 1.48. The van der Waals surface area contributed by atoms with Crippen LogP contribution < -0.4 is 0 Å². The molecule has 0 aliphatic heterocycles. The average molecular weight is 282 g/mol. The number of ether oxygens (including phenoxy) is 1. The Balaban J connectivity index is 3.14. The Morgan fingerprint density at radius 2 is 1.46 bits per heavy atom. The highest BCUT2D eigenvalue weighted by Crippen LogP contribution is 2.51. The molecule has 0 unspecified atom stereocenters. The van der Waals surface area contributed by atoms with E-state index in [0.29, 0.717) is 0 Å². The molecule has 0 aromatic carbocycles. The number of methoxy groups -OCH3 is 1. The van der Waals surface area contributed by atoms with Gasteiger partial charge in [0.05, 0.1) is 26.7 Å². The first kappa shape index (κ1) is 12.0. The molecule has 1 aliphatic rings. The summed E-state index contributed by atoms with van der Waals surface area (Å²) in [5.74, 6) is 0. The minimum Gasteiger partial charge on any atom is -0.382 e. The van der Waals surface area contributed by atoms with Gasteiger partial charge in [-0.05, 0) is 0 Å². The van der Waals surface area contributed by atoms with Crippen molar-refractivity contribution in [3.8, 4) is 0 Å². The molecule has 0 saturated heterocycles. The molecule has 0 saturated carbocycles. The van der Waals surface area contributed by atoms with Crippen LogP contribution in [0.3, 0.4) is 0 Å². The smallest absolute Gasteiger partial charge is 0.141 e. The molecule has 0 amide bonds. The Morgan fingerprint density at radius 1 is 1.08 bits per heavy atom. The highest BCUT2D eigenvalue weighted by molar-refractivity contribution is 6.58. The standard InChI is InChI=1S/C7H5Cl5O/c1-13-2-7(12)5(10)3(8)4(9)6(7)11/h2H2,1H3. The summed E-state index contributed by atoms with van der Waals surface area (Å²) in [6, 6.07) is 0. The first-order valence-corrected chi connectivity index (χ1v) is 5.14. The zero-order valence-electron chi connectivity index (χ0n) is 6.51. The lowest BCUT2D eigenvalue weighted by Crippen LogP contribution is -2.26. The monoisotopic (exact) mass is 280 g/mol. The van der Waals surface area contributed by atoms with E-state index in [2.05, 4.69) is 0 Å². The maximum atomic E-state index is 6.09. The third-order valence-corrected chi connectivity index (χ3v) is 4.37. The Hall–Kier alpha value is 0.890. The second-order valence-corrected chi connectivity index (χ2v) is 4.65. The molecular formula is C7H5Cl5O. The molecule has 0 fully saturated rings. The quantitative estimate of drug-likeness (QED) is 0.696. The van der Waals surface area contributed by atoms with Crippen LogP contribution in [0.4, 0.5) is 0 Å². The number of hydrogen-bond acceptors (Lipinski definition) is 1. The minimum atomic E-state index is -1.12. The van der Waals surface area contributed by atoms with Crippen molar-refractivity contribution in [2.75, 3.05) is 13.7 Å². The van der Waals surface area contributed by atoms with Gasteiger partial charge in [-0.15, -0.1) is 11.6 Å². The second-order valence-electron chi connectivity index (χ2n) is 2.49. The van der Waals surface area contributed by atoms with E-state index in [0.717, 1.165) is 0 Å². The second kappa shape index (κ2) is 4.18. The molecule has 1 nitrogen and oxygen atoms in total. The molecule has 0 radical (unpaired) electrons. The molecule has 13 heavy (non-hydrogen) atoms. The van der Waals surface area contributed by atoms with Crippen LogP contribution in [0.2, 0.25) is 0 Å². The lowest BCUT2D eigenvalue weighted by Gasteiger charge is -2.21. The molecular weight excluding hydrogens is 277 g/mol. The number of rotatable bonds is 2. The van der Waals surface area contributed by atoms with Gasteiger partial charge in [-0.25, -0.2) is 0 Å². The normalized spacial score (nSPS) is 21.7. The Bertz CT molecular complexity index is 269. The predicted octanol–water partition coefficient (Wildman–Crippen LogP) is 4.00. The SMILES string of the molecule is COCC1(Cl)C(Cl)=C(Cl)C(Cl)=C1Cl. The van der Waals surface area contributed by atoms with Crippen molar-refractivity contribution in [3.05, 3.63) is 20.1 Å². The van der Waals surface area contributed by atoms with Crippen molar-refractivity contribution in [2.24, 2.45) is 0 Å². The minimum absolute atomic E-state index is 0.124. The van der Waals surface area contributed by atoms with Crippen LogP contribution in [0, 0.1) is 0 Å². The van der Waals surface area contributed by atoms with Gasteiger partial charge in [0.15, 0.2) is 0 Å². The first-order valence-electron chi connectivity index (χ1n) is 3.25. The number of hydrogen-bond donors (Lipinski definition) is 0. The molecule has 0 spiro atoms. The third-order valence-electron chi connectivity index (χ3n) is 1.62. The zero-order chi connectivity index (χ0) is 10.2. The summed E-state index contributed by atoms with van der Waals surface area (Å²) >= 11 is 29.3. The van der Waals surface area contributed by atoms with E-state index < -0.39 is 4.87 Å². The number of alkyl halides is 1. The van der Waals surface area contributed by atoms with Crippen LogP contribution in [-0.4, -0.2) is 18.6 Å². The highest BCUT2D eigenvalue weighted by atomic mass is 35.5. The van der Waals surface area contributed by atoms with Crippen molar-refractivity contribution < 1.29 is 4.74 Å². The molecule has 0 bridgehead atoms. The van der Waals surface area contributed by atoms with Gasteiger partial charge in [-0.1, -0.05) is 46.4 Å². The molecule has 0 N–H and O–H groups in total. The molecule has 74 valence electrons. The van der Waals surface area contributed by atoms with E-state index in [1.807, 2.05) is 0 Å². The summed E-state index contributed by atoms with van der Waals surface area (Å²) in [6.45, 7) is 0.124. The van der Waals surface area contributed by atoms with Gasteiger partial charge in [-0.3, -0.25) is 0 Å². The average Bonchev–Trinajstić information content (AvgIpc) is 2.23. The topological polar surface area (TPSA) is 9.23 Å². The van der Waals surface area contributed by atoms with Gasteiger partial charge in [0.1, 0.15) is 4.87 Å². The zero-order valence-corrected chi connectivity index (χ0v) is 10.3. The molecule has 0 atom stereocenters. The fourth-order valence-corrected chi connectivity index (χ4v) is 2.50.